The highest BCUT2D eigenvalue weighted by Gasteiger charge is 2.26. The maximum Gasteiger partial charge on any atom is 0.469 e. The number of nitrogens with one attached hydrogen (secondary N) is 1. The molecule has 0 spiro atoms. The number of likely N-dealkylation sites (N-methyl/N-ethyl adjacent to an activating group) is 1. The van der Waals surface area contributed by atoms with Crippen LogP contribution in [0.2, 0.25) is 0 Å². The molecule has 0 aliphatic heterocycles. The van der Waals surface area contributed by atoms with E-state index in [9.17, 15) is 28.0 Å². The highest BCUT2D eigenvalue weighted by Crippen LogP contribution is 2.36. The monoisotopic (exact) mass is 567 g/mol. The van der Waals surface area contributed by atoms with Crippen LogP contribution in [-0.2, 0) is 25.0 Å². The third-order valence-electron chi connectivity index (χ3n) is 5.83. The summed E-state index contributed by atoms with van der Waals surface area (Å²) in [6.45, 7) is -1.16. The lowest BCUT2D eigenvalue weighted by atomic mass is 10.1. The Labute approximate surface area is 222 Å². The van der Waals surface area contributed by atoms with Crippen LogP contribution >= 0.6 is 7.82 Å². The molecule has 2 amide bonds. The molecule has 4 N–H and O–H groups in total. The maximum absolute atomic E-state index is 14.0. The molecule has 1 unspecified atom stereocenters. The van der Waals surface area contributed by atoms with Gasteiger partial charge in [0.05, 0.1) is 18.8 Å². The highest BCUT2D eigenvalue weighted by molar-refractivity contribution is 7.46. The van der Waals surface area contributed by atoms with Crippen LogP contribution in [0, 0.1) is 11.6 Å². The summed E-state index contributed by atoms with van der Waals surface area (Å²) in [5.41, 5.74) is 0.00175. The number of carbonyl (C=O) groups excluding carboxylic acids is 2. The molecule has 1 aromatic heterocycles. The van der Waals surface area contributed by atoms with Gasteiger partial charge in [-0.25, -0.2) is 23.1 Å². The lowest BCUT2D eigenvalue weighted by Crippen LogP contribution is -2.43. The summed E-state index contributed by atoms with van der Waals surface area (Å²) in [6.07, 6.45) is -1.38. The summed E-state index contributed by atoms with van der Waals surface area (Å²) >= 11 is 0. The van der Waals surface area contributed by atoms with E-state index in [2.05, 4.69) is 14.8 Å². The van der Waals surface area contributed by atoms with Gasteiger partial charge in [-0.1, -0.05) is 36.4 Å². The van der Waals surface area contributed by atoms with Gasteiger partial charge in [-0.2, -0.15) is 0 Å². The topological polar surface area (TPSA) is 159 Å². The molecule has 0 aliphatic rings. The summed E-state index contributed by atoms with van der Waals surface area (Å²) < 4.78 is 47.9. The Morgan fingerprint density at radius 1 is 1.10 bits per heavy atom. The van der Waals surface area contributed by atoms with E-state index in [0.717, 1.165) is 21.7 Å². The Morgan fingerprint density at radius 2 is 1.82 bits per heavy atom. The molecule has 14 heteroatoms. The second-order valence-electron chi connectivity index (χ2n) is 8.69. The van der Waals surface area contributed by atoms with Gasteiger partial charge in [0, 0.05) is 25.1 Å². The van der Waals surface area contributed by atoms with Crippen molar-refractivity contribution in [3.05, 3.63) is 71.9 Å². The number of amides is 2. The molecule has 2 atom stereocenters. The number of aromatic nitrogens is 1. The molecule has 0 bridgehead atoms. The molecule has 0 fully saturated rings. The van der Waals surface area contributed by atoms with Gasteiger partial charge in [-0.05, 0) is 35.9 Å². The molecule has 0 radical (unpaired) electrons. The molecular formula is C25H28F2N3O8P. The van der Waals surface area contributed by atoms with Crippen molar-refractivity contribution in [3.63, 3.8) is 0 Å². The number of aliphatic hydroxyl groups excluding tert-OH is 1. The number of pyridine rings is 1. The van der Waals surface area contributed by atoms with Crippen molar-refractivity contribution < 1.29 is 47.1 Å². The number of fused-ring (bicyclic) bond motifs is 1. The van der Waals surface area contributed by atoms with E-state index in [-0.39, 0.29) is 30.6 Å². The predicted molar refractivity (Wildman–Crippen MR) is 137 cm³/mol. The van der Waals surface area contributed by atoms with Crippen molar-refractivity contribution in [2.24, 2.45) is 0 Å². The van der Waals surface area contributed by atoms with Crippen molar-refractivity contribution >= 4 is 36.4 Å². The first-order valence-corrected chi connectivity index (χ1v) is 13.3. The molecule has 11 nitrogen and oxygen atoms in total. The number of anilines is 1. The van der Waals surface area contributed by atoms with Crippen molar-refractivity contribution in [1.82, 2.24) is 9.88 Å². The zero-order valence-electron chi connectivity index (χ0n) is 20.9. The molecule has 0 saturated heterocycles. The largest absolute Gasteiger partial charge is 0.469 e. The van der Waals surface area contributed by atoms with Crippen LogP contribution in [0.15, 0.2) is 54.7 Å². The number of ether oxygens (including phenoxy) is 1. The molecule has 210 valence electrons. The van der Waals surface area contributed by atoms with Crippen LogP contribution in [0.3, 0.4) is 0 Å². The van der Waals surface area contributed by atoms with Crippen molar-refractivity contribution in [1.29, 1.82) is 0 Å². The zero-order chi connectivity index (χ0) is 28.6. The number of aliphatic hydroxyl groups is 1. The normalized spacial score (nSPS) is 13.1. The average molecular weight is 567 g/mol. The summed E-state index contributed by atoms with van der Waals surface area (Å²) in [4.78, 5) is 48.3. The Kier molecular flexibility index (Phi) is 10.4. The molecular weight excluding hydrogens is 539 g/mol. The zero-order valence-corrected chi connectivity index (χ0v) is 21.8. The van der Waals surface area contributed by atoms with Gasteiger partial charge in [0.2, 0.25) is 5.91 Å². The van der Waals surface area contributed by atoms with Gasteiger partial charge in [0.15, 0.2) is 11.6 Å². The van der Waals surface area contributed by atoms with E-state index in [1.165, 1.54) is 19.2 Å². The first-order chi connectivity index (χ1) is 18.4. The molecule has 2 aromatic carbocycles. The van der Waals surface area contributed by atoms with E-state index in [0.29, 0.717) is 0 Å². The summed E-state index contributed by atoms with van der Waals surface area (Å²) in [5, 5.41) is 14.4. The van der Waals surface area contributed by atoms with Gasteiger partial charge >= 0.3 is 13.9 Å². The molecule has 3 aromatic rings. The minimum Gasteiger partial charge on any atom is -0.447 e. The van der Waals surface area contributed by atoms with Crippen molar-refractivity contribution in [3.8, 4) is 0 Å². The molecule has 39 heavy (non-hydrogen) atoms. The number of rotatable bonds is 12. The number of aryl methyl sites for hydroxylation is 1. The number of phosphoric acid groups is 1. The Hall–Kier alpha value is -3.48. The predicted octanol–water partition coefficient (Wildman–Crippen LogP) is 3.38. The second kappa shape index (κ2) is 13.5. The SMILES string of the molecule is CN(C(=O)CCc1cccc(F)c1F)[C@H](COC(=O)Nc1cc2ccccc2cn1)CC(O)COP(=O)(O)O. The fourth-order valence-corrected chi connectivity index (χ4v) is 4.10. The molecule has 3 rings (SSSR count). The van der Waals surface area contributed by atoms with E-state index < -0.39 is 56.8 Å². The van der Waals surface area contributed by atoms with Crippen LogP contribution in [0.1, 0.15) is 18.4 Å². The van der Waals surface area contributed by atoms with Crippen LogP contribution in [-0.4, -0.2) is 69.2 Å². The number of hydrogen-bond acceptors (Lipinski definition) is 7. The van der Waals surface area contributed by atoms with Crippen molar-refractivity contribution in [2.45, 2.75) is 31.4 Å². The number of nitrogens with zero attached hydrogens (tertiary/aromatic N) is 2. The lowest BCUT2D eigenvalue weighted by molar-refractivity contribution is -0.133. The third-order valence-corrected chi connectivity index (χ3v) is 6.31. The van der Waals surface area contributed by atoms with E-state index in [1.807, 2.05) is 24.3 Å². The van der Waals surface area contributed by atoms with Gasteiger partial charge < -0.3 is 24.5 Å². The highest BCUT2D eigenvalue weighted by atomic mass is 31.2. The van der Waals surface area contributed by atoms with Crippen LogP contribution in [0.4, 0.5) is 19.4 Å². The maximum atomic E-state index is 14.0. The number of carbonyl (C=O) groups is 2. The fraction of sp³-hybridized carbons (Fsp3) is 0.320. The first kappa shape index (κ1) is 30.1. The lowest BCUT2D eigenvalue weighted by Gasteiger charge is -2.29. The third kappa shape index (κ3) is 9.34. The number of halogens is 2. The van der Waals surface area contributed by atoms with E-state index in [4.69, 9.17) is 14.5 Å². The Balaban J connectivity index is 1.64. The molecule has 1 heterocycles. The van der Waals surface area contributed by atoms with Crippen molar-refractivity contribution in [2.75, 3.05) is 25.6 Å². The number of phosphoric ester groups is 1. The first-order valence-electron chi connectivity index (χ1n) is 11.8. The van der Waals surface area contributed by atoms with E-state index >= 15 is 0 Å². The molecule has 0 aliphatic carbocycles. The summed E-state index contributed by atoms with van der Waals surface area (Å²) in [6, 6.07) is 11.7. The average Bonchev–Trinajstić information content (AvgIpc) is 2.89. The molecule has 0 saturated carbocycles. The number of benzene rings is 2. The summed E-state index contributed by atoms with van der Waals surface area (Å²) in [7, 11) is -3.50. The Bertz CT molecular complexity index is 1360. The standard InChI is InChI=1S/C25H28F2N3O8P/c1-30(23(32)10-9-16-7-4-8-21(26)24(16)27)19(12-20(31)15-38-39(34,35)36)14-37-25(33)29-22-11-17-5-2-3-6-18(17)13-28-22/h2-8,11,13,19-20,31H,9-10,12,14-15H2,1H3,(H,28,29,33)(H2,34,35,36)/t19-,20?/m0/s1. The Morgan fingerprint density at radius 3 is 2.54 bits per heavy atom. The minimum atomic E-state index is -4.86. The smallest absolute Gasteiger partial charge is 0.447 e. The summed E-state index contributed by atoms with van der Waals surface area (Å²) in [5.74, 6) is -2.42. The fourth-order valence-electron chi connectivity index (χ4n) is 3.73. The number of hydrogen-bond donors (Lipinski definition) is 4. The van der Waals surface area contributed by atoms with Crippen LogP contribution < -0.4 is 5.32 Å². The quantitative estimate of drug-likeness (QED) is 0.241. The van der Waals surface area contributed by atoms with Gasteiger partial charge in [-0.15, -0.1) is 0 Å². The van der Waals surface area contributed by atoms with Crippen LogP contribution in [0.25, 0.3) is 10.8 Å². The van der Waals surface area contributed by atoms with Crippen LogP contribution in [0.5, 0.6) is 0 Å². The van der Waals surface area contributed by atoms with Gasteiger partial charge in [0.25, 0.3) is 0 Å². The second-order valence-corrected chi connectivity index (χ2v) is 9.93. The minimum absolute atomic E-state index is 0.00175. The van der Waals surface area contributed by atoms with E-state index in [1.54, 1.807) is 12.3 Å². The van der Waals surface area contributed by atoms with Gasteiger partial charge in [-0.3, -0.25) is 14.6 Å². The van der Waals surface area contributed by atoms with Gasteiger partial charge in [0.1, 0.15) is 12.4 Å².